The van der Waals surface area contributed by atoms with Gasteiger partial charge in [-0.15, -0.1) is 0 Å². The van der Waals surface area contributed by atoms with Crippen molar-refractivity contribution in [2.45, 2.75) is 258 Å². The molecule has 6 nitrogen and oxygen atoms in total. The highest BCUT2D eigenvalue weighted by atomic mass is 16.6. The molecule has 0 aromatic carbocycles. The van der Waals surface area contributed by atoms with Gasteiger partial charge in [-0.2, -0.15) is 0 Å². The SMILES string of the molecule is CC/C=C\C/C=C\C/C=C\C/C=C\C/C=C\CCCCCC(=O)OCC(COC(=O)CCCCCCC/C=C\C/C=C\CCC)OC(=O)CCCCCCCCC/C=C\CCCCCCCC. The lowest BCUT2D eigenvalue weighted by Crippen LogP contribution is -2.30. The number of carbonyl (C=O) groups is 3. The summed E-state index contributed by atoms with van der Waals surface area (Å²) in [5.74, 6) is -0.948. The Kier molecular flexibility index (Phi) is 51.9. The molecule has 0 N–H and O–H groups in total. The van der Waals surface area contributed by atoms with E-state index in [4.69, 9.17) is 14.2 Å². The summed E-state index contributed by atoms with van der Waals surface area (Å²) in [7, 11) is 0. The lowest BCUT2D eigenvalue weighted by molar-refractivity contribution is -0.167. The highest BCUT2D eigenvalue weighted by Crippen LogP contribution is 2.14. The van der Waals surface area contributed by atoms with E-state index in [2.05, 4.69) is 118 Å². The Morgan fingerprint density at radius 1 is 0.313 bits per heavy atom. The van der Waals surface area contributed by atoms with Crippen molar-refractivity contribution in [1.82, 2.24) is 0 Å². The molecule has 0 radical (unpaired) electrons. The molecule has 0 aliphatic carbocycles. The molecule has 0 spiro atoms. The number of allylic oxidation sites excluding steroid dienone is 16. The second-order valence-corrected chi connectivity index (χ2v) is 18.1. The molecule has 0 fully saturated rings. The predicted octanol–water partition coefficient (Wildman–Crippen LogP) is 18.5. The van der Waals surface area contributed by atoms with E-state index < -0.39 is 6.10 Å². The number of hydrogen-bond donors (Lipinski definition) is 0. The normalized spacial score (nSPS) is 12.8. The Morgan fingerprint density at radius 3 is 1.00 bits per heavy atom. The van der Waals surface area contributed by atoms with E-state index in [0.29, 0.717) is 19.3 Å². The Morgan fingerprint density at radius 2 is 0.612 bits per heavy atom. The zero-order chi connectivity index (χ0) is 48.6. The Labute approximate surface area is 413 Å². The fourth-order valence-corrected chi connectivity index (χ4v) is 7.38. The van der Waals surface area contributed by atoms with Gasteiger partial charge in [0.25, 0.3) is 0 Å². The molecule has 67 heavy (non-hydrogen) atoms. The van der Waals surface area contributed by atoms with Gasteiger partial charge in [0.05, 0.1) is 0 Å². The molecule has 0 heterocycles. The summed E-state index contributed by atoms with van der Waals surface area (Å²) in [4.78, 5) is 38.1. The van der Waals surface area contributed by atoms with Gasteiger partial charge in [0.2, 0.25) is 0 Å². The van der Waals surface area contributed by atoms with Gasteiger partial charge < -0.3 is 14.2 Å². The molecular formula is C61H102O6. The van der Waals surface area contributed by atoms with Gasteiger partial charge in [-0.25, -0.2) is 0 Å². The van der Waals surface area contributed by atoms with Crippen LogP contribution < -0.4 is 0 Å². The number of rotatable bonds is 49. The molecule has 1 atom stereocenters. The monoisotopic (exact) mass is 931 g/mol. The summed E-state index contributed by atoms with van der Waals surface area (Å²) in [5, 5.41) is 0. The lowest BCUT2D eigenvalue weighted by atomic mass is 10.1. The highest BCUT2D eigenvalue weighted by molar-refractivity contribution is 5.71. The standard InChI is InChI=1S/C61H102O6/c1-4-7-10-13-16-19-22-25-27-29-30-32-33-36-39-42-45-48-51-54-60(63)66-57-58(56-65-59(62)53-50-47-44-41-38-35-24-21-18-15-12-9-6-3)67-61(64)55-52-49-46-43-40-37-34-31-28-26-23-20-17-14-11-8-5-2/h7,10,12,15-16,19,21,24-28,30,32,36,39,58H,4-6,8-9,11,13-14,17-18,20,22-23,29,31,33-35,37-38,40-57H2,1-3H3/b10-7-,15-12-,19-16-,24-21-,27-25-,28-26-,32-30-,39-36-. The summed E-state index contributed by atoms with van der Waals surface area (Å²) in [6.45, 7) is 6.41. The van der Waals surface area contributed by atoms with E-state index in [0.717, 1.165) is 128 Å². The van der Waals surface area contributed by atoms with Crippen LogP contribution in [0.5, 0.6) is 0 Å². The first-order chi connectivity index (χ1) is 33.0. The van der Waals surface area contributed by atoms with Gasteiger partial charge in [-0.05, 0) is 116 Å². The van der Waals surface area contributed by atoms with Gasteiger partial charge in [0, 0.05) is 19.3 Å². The van der Waals surface area contributed by atoms with Crippen LogP contribution in [-0.2, 0) is 28.6 Å². The third kappa shape index (κ3) is 53.2. The van der Waals surface area contributed by atoms with Gasteiger partial charge >= 0.3 is 17.9 Å². The maximum Gasteiger partial charge on any atom is 0.306 e. The molecule has 0 aromatic heterocycles. The predicted molar refractivity (Wildman–Crippen MR) is 288 cm³/mol. The molecule has 382 valence electrons. The molecule has 0 rings (SSSR count). The fourth-order valence-electron chi connectivity index (χ4n) is 7.38. The van der Waals surface area contributed by atoms with Crippen LogP contribution in [0.15, 0.2) is 97.2 Å². The summed E-state index contributed by atoms with van der Waals surface area (Å²) < 4.78 is 16.8. The van der Waals surface area contributed by atoms with Gasteiger partial charge in [-0.3, -0.25) is 14.4 Å². The minimum absolute atomic E-state index is 0.0979. The third-order valence-corrected chi connectivity index (χ3v) is 11.5. The first kappa shape index (κ1) is 63.3. The summed E-state index contributed by atoms with van der Waals surface area (Å²) in [5.41, 5.74) is 0. The van der Waals surface area contributed by atoms with Crippen LogP contribution in [-0.4, -0.2) is 37.2 Å². The van der Waals surface area contributed by atoms with Crippen LogP contribution >= 0.6 is 0 Å². The number of unbranched alkanes of at least 4 members (excludes halogenated alkanes) is 22. The van der Waals surface area contributed by atoms with Crippen LogP contribution in [0, 0.1) is 0 Å². The zero-order valence-electron chi connectivity index (χ0n) is 43.6. The molecule has 6 heteroatoms. The Bertz CT molecular complexity index is 1350. The molecule has 0 aliphatic rings. The van der Waals surface area contributed by atoms with Crippen molar-refractivity contribution in [3.63, 3.8) is 0 Å². The molecule has 0 aromatic rings. The van der Waals surface area contributed by atoms with E-state index in [-0.39, 0.29) is 31.1 Å². The van der Waals surface area contributed by atoms with Crippen LogP contribution in [0.4, 0.5) is 0 Å². The van der Waals surface area contributed by atoms with Crippen molar-refractivity contribution in [3.8, 4) is 0 Å². The van der Waals surface area contributed by atoms with Crippen molar-refractivity contribution in [2.24, 2.45) is 0 Å². The number of ether oxygens (including phenoxy) is 3. The summed E-state index contributed by atoms with van der Waals surface area (Å²) >= 11 is 0. The maximum absolute atomic E-state index is 12.8. The molecule has 0 aliphatic heterocycles. The van der Waals surface area contributed by atoms with Crippen molar-refractivity contribution in [2.75, 3.05) is 13.2 Å². The molecule has 0 saturated heterocycles. The largest absolute Gasteiger partial charge is 0.462 e. The Balaban J connectivity index is 4.46. The van der Waals surface area contributed by atoms with Crippen molar-refractivity contribution < 1.29 is 28.6 Å². The highest BCUT2D eigenvalue weighted by Gasteiger charge is 2.19. The minimum atomic E-state index is -0.800. The van der Waals surface area contributed by atoms with E-state index in [1.165, 1.54) is 83.5 Å². The minimum Gasteiger partial charge on any atom is -0.462 e. The number of carbonyl (C=O) groups excluding carboxylic acids is 3. The Hall–Kier alpha value is -3.67. The van der Waals surface area contributed by atoms with E-state index in [1.807, 2.05) is 0 Å². The molecular weight excluding hydrogens is 829 g/mol. The number of esters is 3. The quantitative estimate of drug-likeness (QED) is 0.0262. The average Bonchev–Trinajstić information content (AvgIpc) is 3.33. The van der Waals surface area contributed by atoms with Crippen LogP contribution in [0.25, 0.3) is 0 Å². The molecule has 0 bridgehead atoms. The fraction of sp³-hybridized carbons (Fsp3) is 0.689. The van der Waals surface area contributed by atoms with Crippen LogP contribution in [0.3, 0.4) is 0 Å². The average molecular weight is 931 g/mol. The topological polar surface area (TPSA) is 78.9 Å². The van der Waals surface area contributed by atoms with Gasteiger partial charge in [-0.1, -0.05) is 214 Å². The molecule has 1 unspecified atom stereocenters. The number of hydrogen-bond acceptors (Lipinski definition) is 6. The van der Waals surface area contributed by atoms with Crippen LogP contribution in [0.2, 0.25) is 0 Å². The smallest absolute Gasteiger partial charge is 0.306 e. The van der Waals surface area contributed by atoms with E-state index in [9.17, 15) is 14.4 Å². The van der Waals surface area contributed by atoms with Crippen LogP contribution in [0.1, 0.15) is 252 Å². The van der Waals surface area contributed by atoms with Gasteiger partial charge in [0.15, 0.2) is 6.10 Å². The first-order valence-corrected chi connectivity index (χ1v) is 27.7. The first-order valence-electron chi connectivity index (χ1n) is 27.7. The van der Waals surface area contributed by atoms with E-state index in [1.54, 1.807) is 0 Å². The second kappa shape index (κ2) is 54.9. The maximum atomic E-state index is 12.8. The van der Waals surface area contributed by atoms with Crippen molar-refractivity contribution >= 4 is 17.9 Å². The second-order valence-electron chi connectivity index (χ2n) is 18.1. The van der Waals surface area contributed by atoms with E-state index >= 15 is 0 Å². The van der Waals surface area contributed by atoms with Gasteiger partial charge in [0.1, 0.15) is 13.2 Å². The van der Waals surface area contributed by atoms with Crippen molar-refractivity contribution in [3.05, 3.63) is 97.2 Å². The third-order valence-electron chi connectivity index (χ3n) is 11.5. The zero-order valence-corrected chi connectivity index (χ0v) is 43.6. The molecule has 0 amide bonds. The lowest BCUT2D eigenvalue weighted by Gasteiger charge is -2.18. The summed E-state index contributed by atoms with van der Waals surface area (Å²) in [6, 6.07) is 0. The summed E-state index contributed by atoms with van der Waals surface area (Å²) in [6.07, 6.45) is 72.5. The van der Waals surface area contributed by atoms with Crippen molar-refractivity contribution in [1.29, 1.82) is 0 Å². The molecule has 0 saturated carbocycles.